The predicted octanol–water partition coefficient (Wildman–Crippen LogP) is 5.22. The van der Waals surface area contributed by atoms with Crippen LogP contribution >= 0.6 is 35.4 Å². The van der Waals surface area contributed by atoms with Crippen molar-refractivity contribution in [2.75, 3.05) is 56.6 Å². The molecule has 1 unspecified atom stereocenters. The standard InChI is InChI=1S/C26H35Cl2N5O4S/c1-4-21-17-32(25-23(28)15-20(16-29-25)30-38-37-36-3)13-14-33(21)22-9-11-31(12-10-22)24(26(34)35-2)18-5-7-19(27)8-6-18/h5-8,15-16,21-22,24,30H,4,9-14,17H2,1-3H3/t21-,24?/m0/s1. The molecule has 208 valence electrons. The number of ether oxygens (including phenoxy) is 1. The number of hydrogen-bond acceptors (Lipinski definition) is 10. The summed E-state index contributed by atoms with van der Waals surface area (Å²) >= 11 is 13.6. The molecular formula is C26H35Cl2N5O4S. The number of piperazine rings is 1. The van der Waals surface area contributed by atoms with Crippen LogP contribution in [0, 0.1) is 0 Å². The summed E-state index contributed by atoms with van der Waals surface area (Å²) in [5, 5.41) is 1.25. The number of piperidine rings is 1. The molecule has 1 aromatic carbocycles. The number of nitrogens with zero attached hydrogens (tertiary/aromatic N) is 4. The van der Waals surface area contributed by atoms with E-state index >= 15 is 0 Å². The highest BCUT2D eigenvalue weighted by Gasteiger charge is 2.37. The number of hydrogen-bond donors (Lipinski definition) is 1. The number of rotatable bonds is 10. The van der Waals surface area contributed by atoms with Gasteiger partial charge in [0, 0.05) is 49.8 Å². The lowest BCUT2D eigenvalue weighted by atomic mass is 9.95. The van der Waals surface area contributed by atoms with Gasteiger partial charge in [0.25, 0.3) is 0 Å². The molecule has 0 radical (unpaired) electrons. The number of carbonyl (C=O) groups excluding carboxylic acids is 1. The van der Waals surface area contributed by atoms with E-state index in [2.05, 4.69) is 36.2 Å². The monoisotopic (exact) mass is 583 g/mol. The van der Waals surface area contributed by atoms with Crippen LogP contribution in [0.2, 0.25) is 10.0 Å². The molecule has 0 spiro atoms. The van der Waals surface area contributed by atoms with Crippen molar-refractivity contribution in [1.29, 1.82) is 0 Å². The number of esters is 1. The van der Waals surface area contributed by atoms with Gasteiger partial charge in [-0.05, 0) is 43.0 Å². The van der Waals surface area contributed by atoms with E-state index in [1.54, 1.807) is 6.20 Å². The lowest BCUT2D eigenvalue weighted by Crippen LogP contribution is -2.58. The average Bonchev–Trinajstić information content (AvgIpc) is 2.94. The van der Waals surface area contributed by atoms with Crippen LogP contribution in [0.5, 0.6) is 0 Å². The van der Waals surface area contributed by atoms with Crippen molar-refractivity contribution in [3.63, 3.8) is 0 Å². The minimum Gasteiger partial charge on any atom is -0.468 e. The maximum Gasteiger partial charge on any atom is 0.327 e. The fraction of sp³-hybridized carbons (Fsp3) is 0.538. The Kier molecular flexibility index (Phi) is 10.8. The van der Waals surface area contributed by atoms with Gasteiger partial charge in [0.2, 0.25) is 0 Å². The van der Waals surface area contributed by atoms with E-state index in [9.17, 15) is 4.79 Å². The van der Waals surface area contributed by atoms with Crippen molar-refractivity contribution in [3.05, 3.63) is 52.1 Å². The lowest BCUT2D eigenvalue weighted by Gasteiger charge is -2.48. The lowest BCUT2D eigenvalue weighted by molar-refractivity contribution is -0.159. The summed E-state index contributed by atoms with van der Waals surface area (Å²) in [4.78, 5) is 29.1. The molecule has 2 aliphatic heterocycles. The number of pyridine rings is 1. The summed E-state index contributed by atoms with van der Waals surface area (Å²) in [6.45, 7) is 6.56. The Bertz CT molecular complexity index is 1060. The maximum atomic E-state index is 12.7. The first-order valence-electron chi connectivity index (χ1n) is 12.8. The second kappa shape index (κ2) is 14.0. The predicted molar refractivity (Wildman–Crippen MR) is 152 cm³/mol. The zero-order valence-corrected chi connectivity index (χ0v) is 24.3. The molecule has 4 rings (SSSR count). The van der Waals surface area contributed by atoms with Crippen molar-refractivity contribution in [1.82, 2.24) is 14.8 Å². The number of halogens is 2. The molecule has 12 heteroatoms. The molecule has 2 fully saturated rings. The molecule has 2 saturated heterocycles. The van der Waals surface area contributed by atoms with Gasteiger partial charge in [-0.2, -0.15) is 0 Å². The molecule has 0 aliphatic carbocycles. The first-order valence-corrected chi connectivity index (χ1v) is 14.3. The van der Waals surface area contributed by atoms with Crippen molar-refractivity contribution >= 4 is 52.9 Å². The number of likely N-dealkylation sites (tertiary alicyclic amines) is 1. The van der Waals surface area contributed by atoms with Crippen molar-refractivity contribution in [2.45, 2.75) is 44.3 Å². The summed E-state index contributed by atoms with van der Waals surface area (Å²) in [6, 6.07) is 9.77. The minimum absolute atomic E-state index is 0.235. The van der Waals surface area contributed by atoms with Gasteiger partial charge in [0.1, 0.15) is 24.1 Å². The number of aromatic nitrogens is 1. The Labute approximate surface area is 239 Å². The molecule has 0 amide bonds. The third kappa shape index (κ3) is 7.04. The van der Waals surface area contributed by atoms with Crippen molar-refractivity contribution in [3.8, 4) is 0 Å². The van der Waals surface area contributed by atoms with Gasteiger partial charge in [-0.1, -0.05) is 42.3 Å². The van der Waals surface area contributed by atoms with E-state index < -0.39 is 6.04 Å². The van der Waals surface area contributed by atoms with Crippen LogP contribution in [0.15, 0.2) is 36.5 Å². The average molecular weight is 585 g/mol. The van der Waals surface area contributed by atoms with E-state index in [-0.39, 0.29) is 5.97 Å². The number of methoxy groups -OCH3 is 1. The van der Waals surface area contributed by atoms with Crippen LogP contribution in [-0.2, 0) is 18.8 Å². The molecule has 2 atom stereocenters. The minimum atomic E-state index is -0.415. The summed E-state index contributed by atoms with van der Waals surface area (Å²) in [7, 11) is 2.89. The van der Waals surface area contributed by atoms with Gasteiger partial charge in [0.05, 0.1) is 31.1 Å². The SMILES string of the molecule is CC[C@H]1CN(c2ncc(NSOOC)cc2Cl)CCN1C1CCN(C(C(=O)OC)c2ccc(Cl)cc2)CC1. The highest BCUT2D eigenvalue weighted by atomic mass is 35.5. The molecule has 0 saturated carbocycles. The van der Waals surface area contributed by atoms with Gasteiger partial charge < -0.3 is 14.4 Å². The van der Waals surface area contributed by atoms with Crippen LogP contribution in [0.1, 0.15) is 37.8 Å². The topological polar surface area (TPSA) is 79.4 Å². The molecule has 2 aromatic rings. The zero-order valence-electron chi connectivity index (χ0n) is 21.9. The Morgan fingerprint density at radius 2 is 1.89 bits per heavy atom. The quantitative estimate of drug-likeness (QED) is 0.100. The van der Waals surface area contributed by atoms with E-state index in [4.69, 9.17) is 32.3 Å². The highest BCUT2D eigenvalue weighted by molar-refractivity contribution is 7.95. The fourth-order valence-electron chi connectivity index (χ4n) is 5.45. The van der Waals surface area contributed by atoms with Crippen molar-refractivity contribution in [2.24, 2.45) is 0 Å². The molecule has 0 bridgehead atoms. The Morgan fingerprint density at radius 3 is 2.53 bits per heavy atom. The molecule has 1 N–H and O–H groups in total. The first-order chi connectivity index (χ1) is 18.4. The van der Waals surface area contributed by atoms with Crippen LogP contribution in [0.25, 0.3) is 0 Å². The number of nitrogens with one attached hydrogen (secondary N) is 1. The van der Waals surface area contributed by atoms with E-state index in [0.717, 1.165) is 81.3 Å². The summed E-state index contributed by atoms with van der Waals surface area (Å²) in [5.41, 5.74) is 1.65. The first kappa shape index (κ1) is 29.2. The van der Waals surface area contributed by atoms with Gasteiger partial charge in [-0.3, -0.25) is 9.80 Å². The van der Waals surface area contributed by atoms with Gasteiger partial charge >= 0.3 is 5.97 Å². The highest BCUT2D eigenvalue weighted by Crippen LogP contribution is 2.33. The Hall–Kier alpha value is -1.79. The van der Waals surface area contributed by atoms with Crippen LogP contribution in [0.4, 0.5) is 11.5 Å². The molecule has 1 aromatic heterocycles. The Morgan fingerprint density at radius 1 is 1.16 bits per heavy atom. The molecule has 9 nitrogen and oxygen atoms in total. The summed E-state index contributed by atoms with van der Waals surface area (Å²) in [6.07, 6.45) is 4.78. The second-order valence-electron chi connectivity index (χ2n) is 9.44. The smallest absolute Gasteiger partial charge is 0.327 e. The number of carbonyl (C=O) groups is 1. The van der Waals surface area contributed by atoms with Crippen molar-refractivity contribution < 1.29 is 18.8 Å². The third-order valence-electron chi connectivity index (χ3n) is 7.33. The summed E-state index contributed by atoms with van der Waals surface area (Å²) < 4.78 is 12.9. The molecule has 2 aliphatic rings. The van der Waals surface area contributed by atoms with Gasteiger partial charge in [-0.15, -0.1) is 4.33 Å². The molecule has 38 heavy (non-hydrogen) atoms. The maximum absolute atomic E-state index is 12.7. The second-order valence-corrected chi connectivity index (χ2v) is 10.8. The third-order valence-corrected chi connectivity index (χ3v) is 8.38. The molecule has 3 heterocycles. The van der Waals surface area contributed by atoms with Crippen LogP contribution < -0.4 is 9.62 Å². The largest absolute Gasteiger partial charge is 0.468 e. The van der Waals surface area contributed by atoms with E-state index in [1.165, 1.54) is 14.2 Å². The number of benzene rings is 1. The van der Waals surface area contributed by atoms with Gasteiger partial charge in [0.15, 0.2) is 0 Å². The van der Waals surface area contributed by atoms with Gasteiger partial charge in [-0.25, -0.2) is 14.7 Å². The van der Waals surface area contributed by atoms with E-state index in [0.29, 0.717) is 22.1 Å². The summed E-state index contributed by atoms with van der Waals surface area (Å²) in [5.74, 6) is 0.563. The normalized spacial score (nSPS) is 20.3. The van der Waals surface area contributed by atoms with E-state index in [1.807, 2.05) is 30.3 Å². The number of anilines is 2. The Balaban J connectivity index is 1.37. The van der Waals surface area contributed by atoms with Crippen LogP contribution in [-0.4, -0.2) is 79.8 Å². The zero-order chi connectivity index (χ0) is 27.1. The molecular weight excluding hydrogens is 549 g/mol. The fourth-order valence-corrected chi connectivity index (χ4v) is 6.17. The van der Waals surface area contributed by atoms with Crippen LogP contribution in [0.3, 0.4) is 0 Å².